The van der Waals surface area contributed by atoms with Gasteiger partial charge in [0.15, 0.2) is 5.50 Å². The van der Waals surface area contributed by atoms with Crippen molar-refractivity contribution in [3.8, 4) is 0 Å². The molecule has 0 spiro atoms. The van der Waals surface area contributed by atoms with Crippen molar-refractivity contribution in [3.63, 3.8) is 0 Å². The number of hydrogen-bond donors (Lipinski definition) is 0. The zero-order valence-corrected chi connectivity index (χ0v) is 8.44. The first-order valence-electron chi connectivity index (χ1n) is 4.11. The number of rotatable bonds is 4. The van der Waals surface area contributed by atoms with Crippen molar-refractivity contribution in [2.24, 2.45) is 9.98 Å². The van der Waals surface area contributed by atoms with Gasteiger partial charge in [-0.2, -0.15) is 4.99 Å². The van der Waals surface area contributed by atoms with Crippen LogP contribution in [0.5, 0.6) is 0 Å². The zero-order chi connectivity index (χ0) is 11.1. The summed E-state index contributed by atoms with van der Waals surface area (Å²) < 4.78 is 0. The van der Waals surface area contributed by atoms with Gasteiger partial charge in [-0.15, -0.1) is 0 Å². The third-order valence-electron chi connectivity index (χ3n) is 1.72. The number of benzene rings is 1. The van der Waals surface area contributed by atoms with E-state index in [4.69, 9.17) is 11.6 Å². The SMILES string of the molecule is O=C=NCc1cccc(C(Cl)N=C=O)c1. The van der Waals surface area contributed by atoms with Crippen LogP contribution in [-0.4, -0.2) is 12.2 Å². The number of nitrogens with zero attached hydrogens (tertiary/aromatic N) is 2. The third kappa shape index (κ3) is 3.49. The first-order chi connectivity index (χ1) is 7.27. The van der Waals surface area contributed by atoms with Gasteiger partial charge in [0.25, 0.3) is 0 Å². The molecule has 5 heteroatoms. The minimum atomic E-state index is -0.748. The molecule has 1 unspecified atom stereocenters. The molecule has 76 valence electrons. The Kier molecular flexibility index (Phi) is 4.45. The minimum absolute atomic E-state index is 0.242. The quantitative estimate of drug-likeness (QED) is 0.339. The molecule has 1 aromatic rings. The molecule has 1 atom stereocenters. The van der Waals surface area contributed by atoms with E-state index in [0.717, 1.165) is 5.56 Å². The van der Waals surface area contributed by atoms with Gasteiger partial charge in [-0.05, 0) is 11.1 Å². The lowest BCUT2D eigenvalue weighted by Gasteiger charge is -2.03. The number of isocyanates is 2. The molecule has 0 radical (unpaired) electrons. The van der Waals surface area contributed by atoms with E-state index >= 15 is 0 Å². The van der Waals surface area contributed by atoms with E-state index in [-0.39, 0.29) is 6.54 Å². The molecule has 1 aromatic carbocycles. The normalized spacial score (nSPS) is 11.0. The Hall–Kier alpha value is -1.73. The predicted octanol–water partition coefficient (Wildman–Crippen LogP) is 2.10. The molecule has 0 aliphatic heterocycles. The lowest BCUT2D eigenvalue weighted by atomic mass is 10.1. The number of carbonyl (C=O) groups excluding carboxylic acids is 2. The van der Waals surface area contributed by atoms with Crippen molar-refractivity contribution in [3.05, 3.63) is 35.4 Å². The Morgan fingerprint density at radius 1 is 1.33 bits per heavy atom. The highest BCUT2D eigenvalue weighted by Crippen LogP contribution is 2.22. The van der Waals surface area contributed by atoms with Crippen molar-refractivity contribution < 1.29 is 9.59 Å². The van der Waals surface area contributed by atoms with Gasteiger partial charge < -0.3 is 0 Å². The maximum Gasteiger partial charge on any atom is 0.236 e. The standard InChI is InChI=1S/C10H7ClN2O2/c11-10(13-7-15)9-3-1-2-8(4-9)5-12-6-14/h1-4,10H,5H2. The van der Waals surface area contributed by atoms with Crippen LogP contribution in [0.15, 0.2) is 34.3 Å². The smallest absolute Gasteiger partial charge is 0.211 e. The van der Waals surface area contributed by atoms with E-state index < -0.39 is 5.50 Å². The van der Waals surface area contributed by atoms with Gasteiger partial charge >= 0.3 is 0 Å². The van der Waals surface area contributed by atoms with Crippen LogP contribution in [0.4, 0.5) is 0 Å². The molecule has 1 rings (SSSR count). The summed E-state index contributed by atoms with van der Waals surface area (Å²) >= 11 is 5.78. The maximum absolute atomic E-state index is 10.00. The Morgan fingerprint density at radius 2 is 2.13 bits per heavy atom. The monoisotopic (exact) mass is 222 g/mol. The third-order valence-corrected chi connectivity index (χ3v) is 2.07. The van der Waals surface area contributed by atoms with Gasteiger partial charge in [-0.1, -0.05) is 35.9 Å². The fourth-order valence-corrected chi connectivity index (χ4v) is 1.26. The summed E-state index contributed by atoms with van der Waals surface area (Å²) in [5, 5.41) is 0. The van der Waals surface area contributed by atoms with Crippen LogP contribution in [-0.2, 0) is 16.1 Å². The molecule has 0 bridgehead atoms. The van der Waals surface area contributed by atoms with Crippen LogP contribution in [0.2, 0.25) is 0 Å². The summed E-state index contributed by atoms with van der Waals surface area (Å²) in [5.74, 6) is 0. The zero-order valence-electron chi connectivity index (χ0n) is 7.68. The second-order valence-electron chi connectivity index (χ2n) is 2.71. The van der Waals surface area contributed by atoms with Crippen molar-refractivity contribution in [1.29, 1.82) is 0 Å². The van der Waals surface area contributed by atoms with E-state index in [1.54, 1.807) is 24.3 Å². The number of aliphatic imine (C=N–C) groups is 2. The molecule has 0 aliphatic carbocycles. The van der Waals surface area contributed by atoms with Crippen molar-refractivity contribution in [1.82, 2.24) is 0 Å². The van der Waals surface area contributed by atoms with Crippen LogP contribution in [0.3, 0.4) is 0 Å². The summed E-state index contributed by atoms with van der Waals surface area (Å²) in [6.07, 6.45) is 2.83. The molecule has 0 heterocycles. The first-order valence-corrected chi connectivity index (χ1v) is 4.55. The molecule has 4 nitrogen and oxygen atoms in total. The largest absolute Gasteiger partial charge is 0.236 e. The van der Waals surface area contributed by atoms with Gasteiger partial charge in [0.2, 0.25) is 12.2 Å². The van der Waals surface area contributed by atoms with Gasteiger partial charge in [0.05, 0.1) is 6.54 Å². The Bertz CT molecular complexity index is 435. The van der Waals surface area contributed by atoms with Crippen LogP contribution < -0.4 is 0 Å². The summed E-state index contributed by atoms with van der Waals surface area (Å²) in [6.45, 7) is 0.242. The van der Waals surface area contributed by atoms with Crippen LogP contribution in [0.25, 0.3) is 0 Å². The molecular weight excluding hydrogens is 216 g/mol. The minimum Gasteiger partial charge on any atom is -0.211 e. The Morgan fingerprint density at radius 3 is 2.80 bits per heavy atom. The molecule has 0 saturated heterocycles. The van der Waals surface area contributed by atoms with Crippen molar-refractivity contribution in [2.75, 3.05) is 0 Å². The van der Waals surface area contributed by atoms with E-state index in [9.17, 15) is 9.59 Å². The Labute approximate surface area is 91.3 Å². The Balaban J connectivity index is 2.90. The predicted molar refractivity (Wildman–Crippen MR) is 55.0 cm³/mol. The number of halogens is 1. The van der Waals surface area contributed by atoms with Crippen molar-refractivity contribution >= 4 is 23.8 Å². The van der Waals surface area contributed by atoms with Gasteiger partial charge in [-0.25, -0.2) is 14.6 Å². The van der Waals surface area contributed by atoms with Crippen LogP contribution in [0.1, 0.15) is 16.6 Å². The summed E-state index contributed by atoms with van der Waals surface area (Å²) in [5.41, 5.74) is 0.726. The van der Waals surface area contributed by atoms with Crippen LogP contribution >= 0.6 is 11.6 Å². The highest BCUT2D eigenvalue weighted by atomic mass is 35.5. The molecule has 15 heavy (non-hydrogen) atoms. The van der Waals surface area contributed by atoms with Crippen LogP contribution in [0, 0.1) is 0 Å². The molecule has 0 aliphatic rings. The molecule has 0 fully saturated rings. The van der Waals surface area contributed by atoms with E-state index in [0.29, 0.717) is 5.56 Å². The van der Waals surface area contributed by atoms with Gasteiger partial charge in [0, 0.05) is 0 Å². The highest BCUT2D eigenvalue weighted by molar-refractivity contribution is 6.20. The van der Waals surface area contributed by atoms with E-state index in [1.807, 2.05) is 0 Å². The average Bonchev–Trinajstić information content (AvgIpc) is 2.27. The second-order valence-corrected chi connectivity index (χ2v) is 3.12. The second kappa shape index (κ2) is 5.89. The van der Waals surface area contributed by atoms with Crippen molar-refractivity contribution in [2.45, 2.75) is 12.0 Å². The van der Waals surface area contributed by atoms with E-state index in [1.165, 1.54) is 12.2 Å². The fourth-order valence-electron chi connectivity index (χ4n) is 1.08. The number of alkyl halides is 1. The number of hydrogen-bond acceptors (Lipinski definition) is 4. The topological polar surface area (TPSA) is 58.9 Å². The molecule has 0 N–H and O–H groups in total. The lowest BCUT2D eigenvalue weighted by Crippen LogP contribution is -1.89. The molecular formula is C10H7ClN2O2. The molecule has 0 saturated carbocycles. The summed E-state index contributed by atoms with van der Waals surface area (Å²) in [7, 11) is 0. The lowest BCUT2D eigenvalue weighted by molar-refractivity contribution is 0.562. The maximum atomic E-state index is 10.00. The summed E-state index contributed by atoms with van der Waals surface area (Å²) in [6, 6.07) is 6.99. The van der Waals surface area contributed by atoms with Gasteiger partial charge in [-0.3, -0.25) is 0 Å². The molecule has 0 aromatic heterocycles. The average molecular weight is 223 g/mol. The molecule has 0 amide bonds. The van der Waals surface area contributed by atoms with Gasteiger partial charge in [0.1, 0.15) is 0 Å². The first kappa shape index (κ1) is 11.3. The fraction of sp³-hybridized carbons (Fsp3) is 0.200. The summed E-state index contributed by atoms with van der Waals surface area (Å²) in [4.78, 5) is 26.7. The highest BCUT2D eigenvalue weighted by Gasteiger charge is 2.05. The van der Waals surface area contributed by atoms with E-state index in [2.05, 4.69) is 9.98 Å².